The molecule has 0 saturated carbocycles. The molecule has 1 unspecified atom stereocenters. The molecule has 0 saturated heterocycles. The summed E-state index contributed by atoms with van der Waals surface area (Å²) in [6.45, 7) is 6.03. The Labute approximate surface area is 177 Å². The molecule has 1 atom stereocenters. The van der Waals surface area contributed by atoms with Crippen molar-refractivity contribution < 1.29 is 17.9 Å². The Morgan fingerprint density at radius 2 is 1.70 bits per heavy atom. The molecule has 6 nitrogen and oxygen atoms in total. The minimum Gasteiger partial charge on any atom is -0.493 e. The van der Waals surface area contributed by atoms with E-state index in [4.69, 9.17) is 4.74 Å². The molecule has 3 aromatic rings. The first-order valence-corrected chi connectivity index (χ1v) is 11.4. The largest absolute Gasteiger partial charge is 0.493 e. The fraction of sp³-hybridized carbons (Fsp3) is 0.261. The number of fused-ring (bicyclic) bond motifs is 1. The van der Waals surface area contributed by atoms with Gasteiger partial charge in [0.25, 0.3) is 5.91 Å². The summed E-state index contributed by atoms with van der Waals surface area (Å²) < 4.78 is 33.1. The average Bonchev–Trinajstić information content (AvgIpc) is 2.73. The van der Waals surface area contributed by atoms with Crippen LogP contribution < -0.4 is 14.8 Å². The Morgan fingerprint density at radius 3 is 2.37 bits per heavy atom. The van der Waals surface area contributed by atoms with Crippen LogP contribution in [0.5, 0.6) is 5.75 Å². The highest BCUT2D eigenvalue weighted by Crippen LogP contribution is 2.29. The number of sulfonamides is 1. The van der Waals surface area contributed by atoms with E-state index in [9.17, 15) is 13.2 Å². The molecule has 1 amide bonds. The highest BCUT2D eigenvalue weighted by molar-refractivity contribution is 7.89. The summed E-state index contributed by atoms with van der Waals surface area (Å²) in [6, 6.07) is 17.3. The first-order valence-electron chi connectivity index (χ1n) is 9.94. The van der Waals surface area contributed by atoms with Crippen LogP contribution in [-0.2, 0) is 10.0 Å². The van der Waals surface area contributed by atoms with E-state index < -0.39 is 10.0 Å². The lowest BCUT2D eigenvalue weighted by atomic mass is 10.0. The molecule has 0 heterocycles. The van der Waals surface area contributed by atoms with E-state index >= 15 is 0 Å². The van der Waals surface area contributed by atoms with Gasteiger partial charge in [-0.05, 0) is 61.4 Å². The second kappa shape index (κ2) is 9.28. The Hall–Kier alpha value is -2.90. The molecule has 0 aliphatic rings. The highest BCUT2D eigenvalue weighted by atomic mass is 32.2. The number of hydrogen-bond donors (Lipinski definition) is 2. The van der Waals surface area contributed by atoms with Gasteiger partial charge in [0.2, 0.25) is 10.0 Å². The van der Waals surface area contributed by atoms with Crippen LogP contribution in [-0.4, -0.2) is 27.0 Å². The number of rotatable bonds is 8. The standard InChI is InChI=1S/C23H26N2O4S/c1-4-16(3)25-30(27,28)19-13-11-18(12-14-19)24-23(26)22-20-9-7-6-8-17(20)10-15-21(22)29-5-2/h6-16,25H,4-5H2,1-3H3,(H,24,26). The van der Waals surface area contributed by atoms with Gasteiger partial charge in [-0.25, -0.2) is 13.1 Å². The Kier molecular flexibility index (Phi) is 6.74. The van der Waals surface area contributed by atoms with Gasteiger partial charge in [0.15, 0.2) is 0 Å². The van der Waals surface area contributed by atoms with Crippen molar-refractivity contribution in [2.75, 3.05) is 11.9 Å². The fourth-order valence-electron chi connectivity index (χ4n) is 3.09. The van der Waals surface area contributed by atoms with Crippen molar-refractivity contribution in [3.63, 3.8) is 0 Å². The van der Waals surface area contributed by atoms with E-state index in [0.717, 1.165) is 10.8 Å². The molecule has 0 fully saturated rings. The topological polar surface area (TPSA) is 84.5 Å². The van der Waals surface area contributed by atoms with Gasteiger partial charge in [-0.2, -0.15) is 0 Å². The van der Waals surface area contributed by atoms with Crippen molar-refractivity contribution in [1.29, 1.82) is 0 Å². The van der Waals surface area contributed by atoms with E-state index in [-0.39, 0.29) is 16.8 Å². The maximum atomic E-state index is 13.1. The summed E-state index contributed by atoms with van der Waals surface area (Å²) in [5.74, 6) is 0.189. The lowest BCUT2D eigenvalue weighted by Gasteiger charge is -2.14. The molecule has 30 heavy (non-hydrogen) atoms. The average molecular weight is 427 g/mol. The van der Waals surface area contributed by atoms with Crippen LogP contribution in [0.3, 0.4) is 0 Å². The maximum absolute atomic E-state index is 13.1. The van der Waals surface area contributed by atoms with Crippen LogP contribution in [0.15, 0.2) is 65.6 Å². The number of carbonyl (C=O) groups is 1. The molecule has 158 valence electrons. The van der Waals surface area contributed by atoms with Gasteiger partial charge in [-0.1, -0.05) is 37.3 Å². The number of ether oxygens (including phenoxy) is 1. The van der Waals surface area contributed by atoms with Crippen LogP contribution in [0.25, 0.3) is 10.8 Å². The molecule has 0 aromatic heterocycles. The molecule has 0 bridgehead atoms. The summed E-state index contributed by atoms with van der Waals surface area (Å²) in [5, 5.41) is 4.57. The van der Waals surface area contributed by atoms with Gasteiger partial charge in [0, 0.05) is 11.7 Å². The summed E-state index contributed by atoms with van der Waals surface area (Å²) in [6.07, 6.45) is 0.695. The van der Waals surface area contributed by atoms with Gasteiger partial charge >= 0.3 is 0 Å². The van der Waals surface area contributed by atoms with E-state index in [0.29, 0.717) is 30.0 Å². The molecule has 3 rings (SSSR count). The third kappa shape index (κ3) is 4.80. The maximum Gasteiger partial charge on any atom is 0.260 e. The zero-order valence-corrected chi connectivity index (χ0v) is 18.1. The lowest BCUT2D eigenvalue weighted by Crippen LogP contribution is -2.31. The van der Waals surface area contributed by atoms with Crippen molar-refractivity contribution in [2.45, 2.75) is 38.1 Å². The quantitative estimate of drug-likeness (QED) is 0.553. The van der Waals surface area contributed by atoms with E-state index in [1.165, 1.54) is 12.1 Å². The lowest BCUT2D eigenvalue weighted by molar-refractivity contribution is 0.102. The summed E-state index contributed by atoms with van der Waals surface area (Å²) in [7, 11) is -3.59. The molecule has 0 spiro atoms. The van der Waals surface area contributed by atoms with Crippen LogP contribution in [0.2, 0.25) is 0 Å². The Morgan fingerprint density at radius 1 is 1.00 bits per heavy atom. The summed E-state index contributed by atoms with van der Waals surface area (Å²) >= 11 is 0. The van der Waals surface area contributed by atoms with Crippen molar-refractivity contribution >= 4 is 32.4 Å². The van der Waals surface area contributed by atoms with Gasteiger partial charge in [-0.3, -0.25) is 4.79 Å². The van der Waals surface area contributed by atoms with Crippen LogP contribution in [0, 0.1) is 0 Å². The number of carbonyl (C=O) groups excluding carboxylic acids is 1. The van der Waals surface area contributed by atoms with Crippen LogP contribution in [0.4, 0.5) is 5.69 Å². The van der Waals surface area contributed by atoms with E-state index in [1.807, 2.05) is 51.1 Å². The minimum atomic E-state index is -3.59. The van der Waals surface area contributed by atoms with E-state index in [1.54, 1.807) is 18.2 Å². The molecular weight excluding hydrogens is 400 g/mol. The molecule has 2 N–H and O–H groups in total. The first kappa shape index (κ1) is 21.8. The zero-order chi connectivity index (χ0) is 21.7. The van der Waals surface area contributed by atoms with E-state index in [2.05, 4.69) is 10.0 Å². The number of benzene rings is 3. The molecule has 7 heteroatoms. The SMILES string of the molecule is CCOc1ccc2ccccc2c1C(=O)Nc1ccc(S(=O)(=O)NC(C)CC)cc1. The van der Waals surface area contributed by atoms with Gasteiger partial charge < -0.3 is 10.1 Å². The molecule has 3 aromatic carbocycles. The van der Waals surface area contributed by atoms with Crippen molar-refractivity contribution in [3.8, 4) is 5.75 Å². The predicted molar refractivity (Wildman–Crippen MR) is 120 cm³/mol. The second-order valence-electron chi connectivity index (χ2n) is 7.00. The minimum absolute atomic E-state index is 0.154. The second-order valence-corrected chi connectivity index (χ2v) is 8.72. The Bertz CT molecular complexity index is 1140. The van der Waals surface area contributed by atoms with Crippen LogP contribution >= 0.6 is 0 Å². The van der Waals surface area contributed by atoms with Crippen molar-refractivity contribution in [3.05, 3.63) is 66.2 Å². The number of anilines is 1. The van der Waals surface area contributed by atoms with Gasteiger partial charge in [0.1, 0.15) is 5.75 Å². The number of amides is 1. The zero-order valence-electron chi connectivity index (χ0n) is 17.3. The highest BCUT2D eigenvalue weighted by Gasteiger charge is 2.19. The fourth-order valence-corrected chi connectivity index (χ4v) is 4.42. The number of nitrogens with one attached hydrogen (secondary N) is 2. The van der Waals surface area contributed by atoms with Crippen molar-refractivity contribution in [2.24, 2.45) is 0 Å². The predicted octanol–water partition coefficient (Wildman–Crippen LogP) is 4.57. The smallest absolute Gasteiger partial charge is 0.260 e. The monoisotopic (exact) mass is 426 g/mol. The third-order valence-corrected chi connectivity index (χ3v) is 6.41. The van der Waals surface area contributed by atoms with Gasteiger partial charge in [-0.15, -0.1) is 0 Å². The normalized spacial score (nSPS) is 12.5. The number of hydrogen-bond acceptors (Lipinski definition) is 4. The first-order chi connectivity index (χ1) is 14.4. The molecule has 0 radical (unpaired) electrons. The molecule has 0 aliphatic heterocycles. The van der Waals surface area contributed by atoms with Crippen molar-refractivity contribution in [1.82, 2.24) is 4.72 Å². The molecule has 0 aliphatic carbocycles. The third-order valence-electron chi connectivity index (χ3n) is 4.81. The Balaban J connectivity index is 1.87. The summed E-state index contributed by atoms with van der Waals surface area (Å²) in [5.41, 5.74) is 0.947. The van der Waals surface area contributed by atoms with Gasteiger partial charge in [0.05, 0.1) is 17.1 Å². The molecular formula is C23H26N2O4S. The summed E-state index contributed by atoms with van der Waals surface area (Å²) in [4.78, 5) is 13.2. The van der Waals surface area contributed by atoms with Crippen LogP contribution in [0.1, 0.15) is 37.6 Å².